The van der Waals surface area contributed by atoms with Crippen LogP contribution in [-0.2, 0) is 12.0 Å². The maximum absolute atomic E-state index is 10.6. The lowest BCUT2D eigenvalue weighted by Crippen LogP contribution is -2.46. The molecule has 4 heteroatoms. The Hall–Kier alpha value is -4.54. The van der Waals surface area contributed by atoms with E-state index in [1.54, 1.807) is 0 Å². The van der Waals surface area contributed by atoms with E-state index in [9.17, 15) is 5.11 Å². The predicted molar refractivity (Wildman–Crippen MR) is 161 cm³/mol. The fourth-order valence-corrected chi connectivity index (χ4v) is 6.50. The summed E-state index contributed by atoms with van der Waals surface area (Å²) >= 11 is 0. The average molecular weight is 525 g/mol. The normalized spacial score (nSPS) is 15.1. The number of aliphatic hydroxyl groups excluding tert-OH is 1. The summed E-state index contributed by atoms with van der Waals surface area (Å²) in [7, 11) is 0. The van der Waals surface area contributed by atoms with Gasteiger partial charge >= 0.3 is 0 Å². The van der Waals surface area contributed by atoms with E-state index in [4.69, 9.17) is 4.74 Å². The van der Waals surface area contributed by atoms with E-state index in [0.29, 0.717) is 6.67 Å². The van der Waals surface area contributed by atoms with Gasteiger partial charge in [-0.3, -0.25) is 0 Å². The molecule has 0 spiro atoms. The first-order valence-corrected chi connectivity index (χ1v) is 14.0. The van der Waals surface area contributed by atoms with Crippen molar-refractivity contribution in [1.82, 2.24) is 4.90 Å². The number of anilines is 1. The van der Waals surface area contributed by atoms with Gasteiger partial charge in [-0.05, 0) is 58.5 Å². The Morgan fingerprint density at radius 1 is 0.725 bits per heavy atom. The Bertz CT molecular complexity index is 1570. The molecule has 0 aromatic heterocycles. The van der Waals surface area contributed by atoms with E-state index >= 15 is 0 Å². The monoisotopic (exact) mass is 524 g/mol. The summed E-state index contributed by atoms with van der Waals surface area (Å²) in [5.74, 6) is 1.01. The number of hydrogen-bond acceptors (Lipinski definition) is 4. The van der Waals surface area contributed by atoms with Crippen LogP contribution in [0, 0.1) is 0 Å². The second kappa shape index (κ2) is 10.2. The molecule has 4 nitrogen and oxygen atoms in total. The van der Waals surface area contributed by atoms with Gasteiger partial charge < -0.3 is 19.6 Å². The summed E-state index contributed by atoms with van der Waals surface area (Å²) < 4.78 is 5.91. The maximum atomic E-state index is 10.6. The van der Waals surface area contributed by atoms with Crippen LogP contribution in [0.25, 0.3) is 10.8 Å². The molecule has 1 N–H and O–H groups in total. The molecule has 0 amide bonds. The molecule has 0 fully saturated rings. The molecule has 0 unspecified atom stereocenters. The van der Waals surface area contributed by atoms with Gasteiger partial charge in [0.2, 0.25) is 0 Å². The second-order valence-corrected chi connectivity index (χ2v) is 10.5. The summed E-state index contributed by atoms with van der Waals surface area (Å²) in [5, 5.41) is 13.1. The van der Waals surface area contributed by atoms with Gasteiger partial charge in [0.25, 0.3) is 0 Å². The van der Waals surface area contributed by atoms with Crippen LogP contribution < -0.4 is 9.64 Å². The Morgan fingerprint density at radius 3 is 1.95 bits per heavy atom. The molecule has 7 rings (SSSR count). The Morgan fingerprint density at radius 2 is 1.35 bits per heavy atom. The molecule has 0 saturated heterocycles. The molecule has 0 atom stereocenters. The third-order valence-electron chi connectivity index (χ3n) is 8.33. The van der Waals surface area contributed by atoms with Gasteiger partial charge in [-0.25, -0.2) is 0 Å². The van der Waals surface area contributed by atoms with Gasteiger partial charge in [-0.15, -0.1) is 0 Å². The first kappa shape index (κ1) is 24.5. The van der Waals surface area contributed by atoms with Crippen molar-refractivity contribution in [2.75, 3.05) is 24.8 Å². The van der Waals surface area contributed by atoms with E-state index in [0.717, 1.165) is 36.6 Å². The minimum absolute atomic E-state index is 0.0545. The van der Waals surface area contributed by atoms with E-state index in [2.05, 4.69) is 137 Å². The summed E-state index contributed by atoms with van der Waals surface area (Å²) in [6.07, 6.45) is 4.23. The average Bonchev–Trinajstić information content (AvgIpc) is 3.47. The summed E-state index contributed by atoms with van der Waals surface area (Å²) in [4.78, 5) is 4.61. The SMILES string of the molecule is OCC1=CN(C(c2ccccc2)(c2ccccc2)c2ccccc2)CN1c1ccc2c3c(ccc2c1)OCCC3. The first-order chi connectivity index (χ1) is 19.8. The van der Waals surface area contributed by atoms with Gasteiger partial charge in [0, 0.05) is 17.5 Å². The molecule has 2 heterocycles. The molecule has 198 valence electrons. The lowest BCUT2D eigenvalue weighted by Gasteiger charge is -2.44. The number of nitrogens with zero attached hydrogens (tertiary/aromatic N) is 2. The zero-order chi connectivity index (χ0) is 26.9. The summed E-state index contributed by atoms with van der Waals surface area (Å²) in [6.45, 7) is 1.33. The van der Waals surface area contributed by atoms with Gasteiger partial charge in [-0.2, -0.15) is 0 Å². The number of aliphatic hydroxyl groups is 1. The van der Waals surface area contributed by atoms with Crippen molar-refractivity contribution in [2.45, 2.75) is 18.4 Å². The van der Waals surface area contributed by atoms with Crippen molar-refractivity contribution in [1.29, 1.82) is 0 Å². The van der Waals surface area contributed by atoms with Crippen molar-refractivity contribution in [3.63, 3.8) is 0 Å². The first-order valence-electron chi connectivity index (χ1n) is 14.0. The van der Waals surface area contributed by atoms with E-state index < -0.39 is 5.54 Å². The maximum Gasteiger partial charge on any atom is 0.123 e. The molecule has 5 aromatic rings. The van der Waals surface area contributed by atoms with Gasteiger partial charge in [-0.1, -0.05) is 103 Å². The minimum Gasteiger partial charge on any atom is -0.493 e. The Kier molecular flexibility index (Phi) is 6.26. The number of rotatable bonds is 6. The van der Waals surface area contributed by atoms with Crippen molar-refractivity contribution in [3.8, 4) is 5.75 Å². The second-order valence-electron chi connectivity index (χ2n) is 10.5. The van der Waals surface area contributed by atoms with Crippen molar-refractivity contribution >= 4 is 16.5 Å². The third kappa shape index (κ3) is 3.95. The fourth-order valence-electron chi connectivity index (χ4n) is 6.50. The van der Waals surface area contributed by atoms with Crippen LogP contribution in [-0.4, -0.2) is 29.9 Å². The number of aryl methyl sites for hydroxylation is 1. The van der Waals surface area contributed by atoms with Gasteiger partial charge in [0.15, 0.2) is 0 Å². The van der Waals surface area contributed by atoms with E-state index in [1.807, 2.05) is 0 Å². The van der Waals surface area contributed by atoms with Crippen LogP contribution in [0.5, 0.6) is 5.75 Å². The number of benzene rings is 5. The lowest BCUT2D eigenvalue weighted by molar-refractivity contribution is 0.251. The number of ether oxygens (including phenoxy) is 1. The molecule has 0 aliphatic carbocycles. The fraction of sp³-hybridized carbons (Fsp3) is 0.167. The topological polar surface area (TPSA) is 35.9 Å². The highest BCUT2D eigenvalue weighted by Gasteiger charge is 2.44. The molecular formula is C36H32N2O2. The van der Waals surface area contributed by atoms with Gasteiger partial charge in [0.1, 0.15) is 11.3 Å². The highest BCUT2D eigenvalue weighted by Crippen LogP contribution is 2.45. The summed E-state index contributed by atoms with van der Waals surface area (Å²) in [6, 6.07) is 42.9. The van der Waals surface area contributed by atoms with Crippen LogP contribution >= 0.6 is 0 Å². The largest absolute Gasteiger partial charge is 0.493 e. The quantitative estimate of drug-likeness (QED) is 0.241. The van der Waals surface area contributed by atoms with Crippen molar-refractivity contribution < 1.29 is 9.84 Å². The molecular weight excluding hydrogens is 492 g/mol. The van der Waals surface area contributed by atoms with Crippen LogP contribution in [0.4, 0.5) is 5.69 Å². The van der Waals surface area contributed by atoms with Crippen LogP contribution in [0.3, 0.4) is 0 Å². The highest BCUT2D eigenvalue weighted by molar-refractivity contribution is 5.91. The summed E-state index contributed by atoms with van der Waals surface area (Å²) in [5.41, 5.74) is 6.16. The molecule has 5 aromatic carbocycles. The third-order valence-corrected chi connectivity index (χ3v) is 8.33. The molecule has 0 bridgehead atoms. The van der Waals surface area contributed by atoms with E-state index in [-0.39, 0.29) is 6.61 Å². The molecule has 0 radical (unpaired) electrons. The predicted octanol–water partition coefficient (Wildman–Crippen LogP) is 7.07. The van der Waals surface area contributed by atoms with Crippen molar-refractivity contribution in [2.24, 2.45) is 0 Å². The Balaban J connectivity index is 1.37. The lowest BCUT2D eigenvalue weighted by atomic mass is 9.76. The minimum atomic E-state index is -0.591. The van der Waals surface area contributed by atoms with Crippen LogP contribution in [0.2, 0.25) is 0 Å². The number of fused-ring (bicyclic) bond motifs is 3. The van der Waals surface area contributed by atoms with Crippen molar-refractivity contribution in [3.05, 3.63) is 155 Å². The van der Waals surface area contributed by atoms with Gasteiger partial charge in [0.05, 0.1) is 25.6 Å². The smallest absolute Gasteiger partial charge is 0.123 e. The van der Waals surface area contributed by atoms with Crippen LogP contribution in [0.15, 0.2) is 133 Å². The van der Waals surface area contributed by atoms with E-state index in [1.165, 1.54) is 33.0 Å². The van der Waals surface area contributed by atoms with Crippen LogP contribution in [0.1, 0.15) is 28.7 Å². The zero-order valence-corrected chi connectivity index (χ0v) is 22.4. The molecule has 0 saturated carbocycles. The Labute approximate surface area is 235 Å². The molecule has 40 heavy (non-hydrogen) atoms. The molecule has 2 aliphatic heterocycles. The highest BCUT2D eigenvalue weighted by atomic mass is 16.5. The number of hydrogen-bond donors (Lipinski definition) is 1. The molecule has 2 aliphatic rings. The zero-order valence-electron chi connectivity index (χ0n) is 22.4. The standard InChI is InChI=1S/C36H32N2O2/c39-25-32-24-37(26-38(32)31-19-20-33-27(23-31)18-21-35-34(33)17-10-22-40-35)36(28-11-4-1-5-12-28,29-13-6-2-7-14-29)30-15-8-3-9-16-30/h1-9,11-16,18-21,23-24,39H,10,17,22,25-26H2.